The number of aryl methyl sites for hydroxylation is 1. The molecule has 0 amide bonds. The van der Waals surface area contributed by atoms with E-state index in [1.807, 2.05) is 4.72 Å². The van der Waals surface area contributed by atoms with Crippen LogP contribution in [0.5, 0.6) is 0 Å². The van der Waals surface area contributed by atoms with E-state index in [9.17, 15) is 13.2 Å². The summed E-state index contributed by atoms with van der Waals surface area (Å²) in [5, 5.41) is 12.6. The van der Waals surface area contributed by atoms with Crippen molar-refractivity contribution in [3.05, 3.63) is 18.0 Å². The second kappa shape index (κ2) is 3.99. The van der Waals surface area contributed by atoms with Crippen LogP contribution in [0.1, 0.15) is 11.6 Å². The second-order valence-corrected chi connectivity index (χ2v) is 4.89. The molecule has 0 fully saturated rings. The van der Waals surface area contributed by atoms with Crippen LogP contribution < -0.4 is 4.72 Å². The summed E-state index contributed by atoms with van der Waals surface area (Å²) in [4.78, 5) is 10.8. The molecule has 0 radical (unpaired) electrons. The number of nitrogens with zero attached hydrogens (tertiary/aromatic N) is 2. The zero-order valence-electron chi connectivity index (χ0n) is 8.21. The van der Waals surface area contributed by atoms with Gasteiger partial charge in [0, 0.05) is 18.8 Å². The number of nitrogens with one attached hydrogen (secondary N) is 1. The molecule has 0 bridgehead atoms. The fourth-order valence-corrected chi connectivity index (χ4v) is 1.73. The molecule has 1 aromatic heterocycles. The first-order valence-electron chi connectivity index (χ1n) is 3.98. The van der Waals surface area contributed by atoms with Gasteiger partial charge in [0.15, 0.2) is 0 Å². The number of rotatable bonds is 4. The standard InChI is InChI=1S/C7H11N3O4S/c1-10-4-5(3-8-10)6(7(11)12)9-15(2,13)14/h3-4,6,9H,1-2H3,(H,11,12). The number of carboxylic acid groups (broad SMARTS) is 1. The molecule has 7 nitrogen and oxygen atoms in total. The van der Waals surface area contributed by atoms with Gasteiger partial charge in [-0.3, -0.25) is 9.48 Å². The number of hydrogen-bond donors (Lipinski definition) is 2. The molecule has 1 aromatic rings. The molecule has 1 rings (SSSR count). The third kappa shape index (κ3) is 3.33. The van der Waals surface area contributed by atoms with Gasteiger partial charge in [-0.05, 0) is 0 Å². The number of sulfonamides is 1. The van der Waals surface area contributed by atoms with Crippen LogP contribution in [-0.4, -0.2) is 35.5 Å². The molecule has 0 spiro atoms. The molecule has 1 atom stereocenters. The van der Waals surface area contributed by atoms with Crippen LogP contribution in [0.3, 0.4) is 0 Å². The number of aliphatic carboxylic acids is 1. The zero-order valence-corrected chi connectivity index (χ0v) is 9.02. The smallest absolute Gasteiger partial charge is 0.326 e. The summed E-state index contributed by atoms with van der Waals surface area (Å²) in [6.45, 7) is 0. The molecule has 0 saturated carbocycles. The summed E-state index contributed by atoms with van der Waals surface area (Å²) in [6, 6.07) is -1.30. The van der Waals surface area contributed by atoms with Crippen molar-refractivity contribution in [2.75, 3.05) is 6.26 Å². The third-order valence-corrected chi connectivity index (χ3v) is 2.30. The van der Waals surface area contributed by atoms with E-state index in [0.717, 1.165) is 6.26 Å². The quantitative estimate of drug-likeness (QED) is 0.701. The molecular weight excluding hydrogens is 222 g/mol. The van der Waals surface area contributed by atoms with Gasteiger partial charge in [-0.2, -0.15) is 9.82 Å². The van der Waals surface area contributed by atoms with Gasteiger partial charge in [0.05, 0.1) is 12.5 Å². The largest absolute Gasteiger partial charge is 0.480 e. The molecular formula is C7H11N3O4S. The normalized spacial score (nSPS) is 13.7. The summed E-state index contributed by atoms with van der Waals surface area (Å²) >= 11 is 0. The molecule has 84 valence electrons. The van der Waals surface area contributed by atoms with Crippen molar-refractivity contribution in [3.8, 4) is 0 Å². The highest BCUT2D eigenvalue weighted by Crippen LogP contribution is 2.12. The van der Waals surface area contributed by atoms with Crippen LogP contribution in [0, 0.1) is 0 Å². The predicted octanol–water partition coefficient (Wildman–Crippen LogP) is -0.905. The van der Waals surface area contributed by atoms with Gasteiger partial charge in [0.2, 0.25) is 10.0 Å². The molecule has 1 heterocycles. The van der Waals surface area contributed by atoms with Crippen molar-refractivity contribution < 1.29 is 18.3 Å². The van der Waals surface area contributed by atoms with Crippen molar-refractivity contribution in [1.29, 1.82) is 0 Å². The maximum atomic E-state index is 10.9. The van der Waals surface area contributed by atoms with Gasteiger partial charge in [-0.25, -0.2) is 8.42 Å². The minimum absolute atomic E-state index is 0.287. The minimum Gasteiger partial charge on any atom is -0.480 e. The SMILES string of the molecule is Cn1cc(C(NS(C)(=O)=O)C(=O)O)cn1. The first-order valence-corrected chi connectivity index (χ1v) is 5.87. The van der Waals surface area contributed by atoms with Crippen molar-refractivity contribution in [2.24, 2.45) is 7.05 Å². The lowest BCUT2D eigenvalue weighted by molar-refractivity contribution is -0.139. The summed E-state index contributed by atoms with van der Waals surface area (Å²) in [5.41, 5.74) is 0.287. The van der Waals surface area contributed by atoms with Crippen LogP contribution in [0.15, 0.2) is 12.4 Å². The maximum absolute atomic E-state index is 10.9. The second-order valence-electron chi connectivity index (χ2n) is 3.11. The lowest BCUT2D eigenvalue weighted by Crippen LogP contribution is -2.32. The van der Waals surface area contributed by atoms with Gasteiger partial charge in [0.1, 0.15) is 6.04 Å². The van der Waals surface area contributed by atoms with E-state index in [0.29, 0.717) is 0 Å². The number of hydrogen-bond acceptors (Lipinski definition) is 4. The Morgan fingerprint density at radius 3 is 2.60 bits per heavy atom. The summed E-state index contributed by atoms with van der Waals surface area (Å²) in [7, 11) is -1.96. The van der Waals surface area contributed by atoms with Crippen LogP contribution in [-0.2, 0) is 21.9 Å². The lowest BCUT2D eigenvalue weighted by atomic mass is 10.2. The fraction of sp³-hybridized carbons (Fsp3) is 0.429. The Balaban J connectivity index is 2.99. The van der Waals surface area contributed by atoms with E-state index in [1.165, 1.54) is 17.1 Å². The minimum atomic E-state index is -3.58. The summed E-state index contributed by atoms with van der Waals surface area (Å²) in [6.07, 6.45) is 3.65. The average Bonchev–Trinajstić information content (AvgIpc) is 2.45. The third-order valence-electron chi connectivity index (χ3n) is 1.64. The van der Waals surface area contributed by atoms with Crippen LogP contribution in [0.4, 0.5) is 0 Å². The highest BCUT2D eigenvalue weighted by molar-refractivity contribution is 7.88. The molecule has 0 aliphatic carbocycles. The Labute approximate surface area is 86.8 Å². The Bertz CT molecular complexity index is 464. The van der Waals surface area contributed by atoms with Crippen LogP contribution in [0.2, 0.25) is 0 Å². The molecule has 0 aliphatic rings. The highest BCUT2D eigenvalue weighted by atomic mass is 32.2. The van der Waals surface area contributed by atoms with E-state index in [1.54, 1.807) is 7.05 Å². The van der Waals surface area contributed by atoms with Gasteiger partial charge in [0.25, 0.3) is 0 Å². The fourth-order valence-electron chi connectivity index (χ4n) is 1.06. The molecule has 15 heavy (non-hydrogen) atoms. The number of carboxylic acids is 1. The van der Waals surface area contributed by atoms with E-state index < -0.39 is 22.0 Å². The van der Waals surface area contributed by atoms with Crippen molar-refractivity contribution in [3.63, 3.8) is 0 Å². The number of aromatic nitrogens is 2. The van der Waals surface area contributed by atoms with E-state index in [-0.39, 0.29) is 5.56 Å². The first kappa shape index (κ1) is 11.7. The Kier molecular flexibility index (Phi) is 3.10. The first-order chi connectivity index (χ1) is 6.79. The Morgan fingerprint density at radius 1 is 1.67 bits per heavy atom. The van der Waals surface area contributed by atoms with E-state index in [4.69, 9.17) is 5.11 Å². The van der Waals surface area contributed by atoms with Crippen LogP contribution in [0.25, 0.3) is 0 Å². The Morgan fingerprint density at radius 2 is 2.27 bits per heavy atom. The van der Waals surface area contributed by atoms with Crippen molar-refractivity contribution in [1.82, 2.24) is 14.5 Å². The predicted molar refractivity (Wildman–Crippen MR) is 51.6 cm³/mol. The van der Waals surface area contributed by atoms with Crippen molar-refractivity contribution >= 4 is 16.0 Å². The lowest BCUT2D eigenvalue weighted by Gasteiger charge is -2.10. The number of carbonyl (C=O) groups is 1. The highest BCUT2D eigenvalue weighted by Gasteiger charge is 2.24. The van der Waals surface area contributed by atoms with Gasteiger partial charge >= 0.3 is 5.97 Å². The van der Waals surface area contributed by atoms with Gasteiger partial charge < -0.3 is 5.11 Å². The van der Waals surface area contributed by atoms with Crippen molar-refractivity contribution in [2.45, 2.75) is 6.04 Å². The molecule has 0 aromatic carbocycles. The Hall–Kier alpha value is -1.41. The molecule has 8 heteroatoms. The van der Waals surface area contributed by atoms with E-state index in [2.05, 4.69) is 5.10 Å². The topological polar surface area (TPSA) is 101 Å². The molecule has 0 aliphatic heterocycles. The summed E-state index contributed by atoms with van der Waals surface area (Å²) < 4.78 is 25.3. The maximum Gasteiger partial charge on any atom is 0.326 e. The van der Waals surface area contributed by atoms with E-state index >= 15 is 0 Å². The van der Waals surface area contributed by atoms with Gasteiger partial charge in [-0.1, -0.05) is 0 Å². The molecule has 2 N–H and O–H groups in total. The molecule has 0 saturated heterocycles. The van der Waals surface area contributed by atoms with Crippen LogP contribution >= 0.6 is 0 Å². The molecule has 1 unspecified atom stereocenters. The van der Waals surface area contributed by atoms with Gasteiger partial charge in [-0.15, -0.1) is 0 Å². The average molecular weight is 233 g/mol. The monoisotopic (exact) mass is 233 g/mol. The summed E-state index contributed by atoms with van der Waals surface area (Å²) in [5.74, 6) is -1.27. The zero-order chi connectivity index (χ0) is 11.6.